The second-order valence-electron chi connectivity index (χ2n) is 4.91. The first-order valence-corrected chi connectivity index (χ1v) is 7.73. The van der Waals surface area contributed by atoms with Crippen LogP contribution in [0.2, 0.25) is 0 Å². The lowest BCUT2D eigenvalue weighted by Gasteiger charge is -2.19. The largest absolute Gasteiger partial charge is 0.384 e. The summed E-state index contributed by atoms with van der Waals surface area (Å²) in [6.45, 7) is 4.74. The Hall–Kier alpha value is -0.670. The van der Waals surface area contributed by atoms with E-state index in [0.29, 0.717) is 0 Å². The Kier molecular flexibility index (Phi) is 3.57. The van der Waals surface area contributed by atoms with Gasteiger partial charge < -0.3 is 5.32 Å². The Morgan fingerprint density at radius 1 is 1.24 bits per heavy atom. The van der Waals surface area contributed by atoms with E-state index in [0.717, 1.165) is 13.1 Å². The van der Waals surface area contributed by atoms with E-state index in [1.54, 1.807) is 0 Å². The first kappa shape index (κ1) is 11.4. The van der Waals surface area contributed by atoms with E-state index in [4.69, 9.17) is 0 Å². The molecule has 0 amide bonds. The molecule has 92 valence electrons. The van der Waals surface area contributed by atoms with E-state index in [1.807, 2.05) is 0 Å². The normalized spacial score (nSPS) is 20.7. The highest BCUT2D eigenvalue weighted by molar-refractivity contribution is 7.99. The minimum Gasteiger partial charge on any atom is -0.384 e. The summed E-state index contributed by atoms with van der Waals surface area (Å²) in [5, 5.41) is 3.47. The maximum atomic E-state index is 3.47. The SMILES string of the molecule is c1cc2c(cc1CN1CCCSCC1)NCC2. The number of anilines is 1. The minimum atomic E-state index is 1.11. The number of fused-ring (bicyclic) bond motifs is 1. The zero-order valence-corrected chi connectivity index (χ0v) is 11.1. The molecule has 1 aromatic rings. The third-order valence-electron chi connectivity index (χ3n) is 3.61. The third-order valence-corrected chi connectivity index (χ3v) is 4.65. The van der Waals surface area contributed by atoms with Crippen molar-refractivity contribution in [3.63, 3.8) is 0 Å². The fraction of sp³-hybridized carbons (Fsp3) is 0.571. The number of thioether (sulfide) groups is 1. The molecule has 0 spiro atoms. The van der Waals surface area contributed by atoms with Crippen LogP contribution in [0.25, 0.3) is 0 Å². The van der Waals surface area contributed by atoms with Crippen molar-refractivity contribution in [2.45, 2.75) is 19.4 Å². The van der Waals surface area contributed by atoms with Crippen LogP contribution >= 0.6 is 11.8 Å². The Morgan fingerprint density at radius 2 is 2.24 bits per heavy atom. The van der Waals surface area contributed by atoms with Gasteiger partial charge in [0.1, 0.15) is 0 Å². The lowest BCUT2D eigenvalue weighted by Crippen LogP contribution is -2.25. The Bertz CT molecular complexity index is 384. The number of benzene rings is 1. The maximum Gasteiger partial charge on any atom is 0.0376 e. The van der Waals surface area contributed by atoms with Gasteiger partial charge in [-0.15, -0.1) is 0 Å². The van der Waals surface area contributed by atoms with Gasteiger partial charge in [0.2, 0.25) is 0 Å². The van der Waals surface area contributed by atoms with Crippen molar-refractivity contribution < 1.29 is 0 Å². The molecule has 0 aromatic heterocycles. The predicted molar refractivity (Wildman–Crippen MR) is 75.9 cm³/mol. The second kappa shape index (κ2) is 5.32. The van der Waals surface area contributed by atoms with Gasteiger partial charge in [0.15, 0.2) is 0 Å². The van der Waals surface area contributed by atoms with Crippen LogP contribution in [0.5, 0.6) is 0 Å². The average Bonchev–Trinajstić information content (AvgIpc) is 2.65. The summed E-state index contributed by atoms with van der Waals surface area (Å²) in [7, 11) is 0. The molecular weight excluding hydrogens is 228 g/mol. The third kappa shape index (κ3) is 2.78. The zero-order chi connectivity index (χ0) is 11.5. The summed E-state index contributed by atoms with van der Waals surface area (Å²) in [5.74, 6) is 2.63. The van der Waals surface area contributed by atoms with Crippen molar-refractivity contribution in [1.29, 1.82) is 0 Å². The molecule has 2 nitrogen and oxygen atoms in total. The first-order valence-electron chi connectivity index (χ1n) is 6.57. The van der Waals surface area contributed by atoms with Crippen molar-refractivity contribution in [3.8, 4) is 0 Å². The molecule has 2 aliphatic heterocycles. The molecule has 1 aromatic carbocycles. The molecule has 1 saturated heterocycles. The summed E-state index contributed by atoms with van der Waals surface area (Å²) in [6, 6.07) is 6.96. The molecule has 0 saturated carbocycles. The summed E-state index contributed by atoms with van der Waals surface area (Å²) in [6.07, 6.45) is 2.53. The van der Waals surface area contributed by atoms with E-state index < -0.39 is 0 Å². The Balaban J connectivity index is 1.67. The van der Waals surface area contributed by atoms with Crippen LogP contribution in [0.1, 0.15) is 17.5 Å². The van der Waals surface area contributed by atoms with Crippen LogP contribution in [0.15, 0.2) is 18.2 Å². The van der Waals surface area contributed by atoms with Crippen LogP contribution in [-0.4, -0.2) is 36.0 Å². The van der Waals surface area contributed by atoms with Crippen LogP contribution < -0.4 is 5.32 Å². The van der Waals surface area contributed by atoms with Gasteiger partial charge in [0.25, 0.3) is 0 Å². The quantitative estimate of drug-likeness (QED) is 0.866. The highest BCUT2D eigenvalue weighted by Crippen LogP contribution is 2.24. The molecule has 1 fully saturated rings. The fourth-order valence-electron chi connectivity index (χ4n) is 2.65. The van der Waals surface area contributed by atoms with Gasteiger partial charge in [-0.3, -0.25) is 4.90 Å². The van der Waals surface area contributed by atoms with Gasteiger partial charge in [-0.1, -0.05) is 12.1 Å². The number of rotatable bonds is 2. The van der Waals surface area contributed by atoms with Crippen molar-refractivity contribution >= 4 is 17.4 Å². The minimum absolute atomic E-state index is 1.11. The van der Waals surface area contributed by atoms with Gasteiger partial charge in [-0.2, -0.15) is 11.8 Å². The van der Waals surface area contributed by atoms with E-state index in [2.05, 4.69) is 40.2 Å². The molecule has 0 bridgehead atoms. The number of nitrogens with one attached hydrogen (secondary N) is 1. The molecule has 3 rings (SSSR count). The summed E-state index contributed by atoms with van der Waals surface area (Å²) >= 11 is 2.10. The van der Waals surface area contributed by atoms with Crippen LogP contribution in [0, 0.1) is 0 Å². The predicted octanol–water partition coefficient (Wildman–Crippen LogP) is 2.59. The molecule has 2 heterocycles. The highest BCUT2D eigenvalue weighted by Gasteiger charge is 2.13. The van der Waals surface area contributed by atoms with Gasteiger partial charge in [-0.25, -0.2) is 0 Å². The smallest absolute Gasteiger partial charge is 0.0376 e. The molecule has 17 heavy (non-hydrogen) atoms. The van der Waals surface area contributed by atoms with Crippen molar-refractivity contribution in [3.05, 3.63) is 29.3 Å². The van der Waals surface area contributed by atoms with Crippen LogP contribution in [-0.2, 0) is 13.0 Å². The van der Waals surface area contributed by atoms with E-state index in [9.17, 15) is 0 Å². The zero-order valence-electron chi connectivity index (χ0n) is 10.2. The van der Waals surface area contributed by atoms with Crippen molar-refractivity contribution in [1.82, 2.24) is 4.90 Å². The molecule has 0 aliphatic carbocycles. The average molecular weight is 248 g/mol. The molecular formula is C14H20N2S. The van der Waals surface area contributed by atoms with Gasteiger partial charge in [0, 0.05) is 31.1 Å². The van der Waals surface area contributed by atoms with Gasteiger partial charge in [-0.05, 0) is 42.3 Å². The van der Waals surface area contributed by atoms with Crippen molar-refractivity contribution in [2.75, 3.05) is 36.5 Å². The summed E-state index contributed by atoms with van der Waals surface area (Å²) in [5.41, 5.74) is 4.32. The lowest BCUT2D eigenvalue weighted by molar-refractivity contribution is 0.287. The second-order valence-corrected chi connectivity index (χ2v) is 6.14. The monoisotopic (exact) mass is 248 g/mol. The standard InChI is InChI=1S/C14H20N2S/c1-6-16(7-9-17-8-1)11-12-2-3-13-4-5-15-14(13)10-12/h2-3,10,15H,1,4-9,11H2. The highest BCUT2D eigenvalue weighted by atomic mass is 32.2. The topological polar surface area (TPSA) is 15.3 Å². The number of hydrogen-bond donors (Lipinski definition) is 1. The van der Waals surface area contributed by atoms with Crippen LogP contribution in [0.4, 0.5) is 5.69 Å². The summed E-state index contributed by atoms with van der Waals surface area (Å²) < 4.78 is 0. The van der Waals surface area contributed by atoms with Crippen LogP contribution in [0.3, 0.4) is 0 Å². The van der Waals surface area contributed by atoms with Crippen molar-refractivity contribution in [2.24, 2.45) is 0 Å². The van der Waals surface area contributed by atoms with E-state index >= 15 is 0 Å². The molecule has 3 heteroatoms. The molecule has 0 unspecified atom stereocenters. The summed E-state index contributed by atoms with van der Waals surface area (Å²) in [4.78, 5) is 2.59. The molecule has 1 N–H and O–H groups in total. The van der Waals surface area contributed by atoms with Gasteiger partial charge >= 0.3 is 0 Å². The molecule has 0 atom stereocenters. The number of hydrogen-bond acceptors (Lipinski definition) is 3. The lowest BCUT2D eigenvalue weighted by atomic mass is 10.1. The molecule has 2 aliphatic rings. The Morgan fingerprint density at radius 3 is 3.24 bits per heavy atom. The maximum absolute atomic E-state index is 3.47. The number of nitrogens with zero attached hydrogens (tertiary/aromatic N) is 1. The Labute approximate surface area is 108 Å². The van der Waals surface area contributed by atoms with E-state index in [1.165, 1.54) is 54.3 Å². The van der Waals surface area contributed by atoms with E-state index in [-0.39, 0.29) is 0 Å². The first-order chi connectivity index (χ1) is 8.42. The van der Waals surface area contributed by atoms with Gasteiger partial charge in [0.05, 0.1) is 0 Å². The fourth-order valence-corrected chi connectivity index (χ4v) is 3.58. The molecule has 0 radical (unpaired) electrons.